The number of nitrogens with two attached hydrogens (primary N) is 1. The SMILES string of the molecule is CC(C)(CCO)OCCNC(=O)CCCNC(=O)c1ccc(NCc2cnc3nc(N)[nH]c(=O)c3n2)cc1. The molecule has 0 spiro atoms. The molecule has 0 atom stereocenters. The first-order valence-corrected chi connectivity index (χ1v) is 12.3. The van der Waals surface area contributed by atoms with Gasteiger partial charge in [-0.25, -0.2) is 9.97 Å². The molecule has 0 radical (unpaired) electrons. The molecule has 0 aliphatic carbocycles. The van der Waals surface area contributed by atoms with Crippen molar-refractivity contribution in [3.63, 3.8) is 0 Å². The van der Waals surface area contributed by atoms with Gasteiger partial charge in [-0.15, -0.1) is 0 Å². The van der Waals surface area contributed by atoms with Crippen molar-refractivity contribution in [3.05, 3.63) is 52.1 Å². The van der Waals surface area contributed by atoms with Gasteiger partial charge in [-0.05, 0) is 51.0 Å². The summed E-state index contributed by atoms with van der Waals surface area (Å²) >= 11 is 0. The lowest BCUT2D eigenvalue weighted by Crippen LogP contribution is -2.33. The standard InChI is InChI=1S/C25H34N8O5/c1-25(2,9-12-34)38-13-11-27-19(35)4-3-10-28-22(36)16-5-7-17(8-6-16)29-14-18-15-30-21-20(31-18)23(37)33-24(26)32-21/h5-8,15,29,34H,3-4,9-14H2,1-2H3,(H,27,35)(H,28,36)(H3,26,30,32,33,37). The number of H-pyrrole nitrogens is 1. The molecule has 2 aromatic heterocycles. The topological polar surface area (TPSA) is 197 Å². The van der Waals surface area contributed by atoms with E-state index in [2.05, 4.69) is 35.9 Å². The van der Waals surface area contributed by atoms with Crippen LogP contribution < -0.4 is 27.2 Å². The maximum absolute atomic E-state index is 12.4. The number of amides is 2. The molecule has 2 heterocycles. The highest BCUT2D eigenvalue weighted by Gasteiger charge is 2.17. The number of aliphatic hydroxyl groups is 1. The maximum Gasteiger partial charge on any atom is 0.280 e. The van der Waals surface area contributed by atoms with Gasteiger partial charge in [-0.2, -0.15) is 4.98 Å². The molecular formula is C25H34N8O5. The van der Waals surface area contributed by atoms with Crippen LogP contribution in [0.15, 0.2) is 35.3 Å². The second kappa shape index (κ2) is 13.4. The molecule has 0 bridgehead atoms. The molecule has 204 valence electrons. The normalized spacial score (nSPS) is 11.3. The summed E-state index contributed by atoms with van der Waals surface area (Å²) in [4.78, 5) is 51.1. The van der Waals surface area contributed by atoms with Gasteiger partial charge in [0.25, 0.3) is 11.5 Å². The van der Waals surface area contributed by atoms with Crippen LogP contribution in [0.1, 0.15) is 49.2 Å². The quantitative estimate of drug-likeness (QED) is 0.163. The van der Waals surface area contributed by atoms with Crippen LogP contribution in [0.25, 0.3) is 11.2 Å². The van der Waals surface area contributed by atoms with Gasteiger partial charge >= 0.3 is 0 Å². The van der Waals surface area contributed by atoms with Crippen LogP contribution in [0.2, 0.25) is 0 Å². The van der Waals surface area contributed by atoms with E-state index in [0.717, 1.165) is 5.69 Å². The Balaban J connectivity index is 1.35. The van der Waals surface area contributed by atoms with Gasteiger partial charge in [0.1, 0.15) is 0 Å². The third kappa shape index (κ3) is 8.78. The Bertz CT molecular complexity index is 1290. The summed E-state index contributed by atoms with van der Waals surface area (Å²) in [5.74, 6) is -0.364. The van der Waals surface area contributed by atoms with Gasteiger partial charge in [0, 0.05) is 37.4 Å². The lowest BCUT2D eigenvalue weighted by molar-refractivity contribution is -0.121. The monoisotopic (exact) mass is 526 g/mol. The maximum atomic E-state index is 12.4. The van der Waals surface area contributed by atoms with Gasteiger partial charge in [-0.3, -0.25) is 19.4 Å². The average Bonchev–Trinajstić information content (AvgIpc) is 2.88. The highest BCUT2D eigenvalue weighted by molar-refractivity contribution is 5.94. The number of carbonyl (C=O) groups is 2. The van der Waals surface area contributed by atoms with E-state index in [9.17, 15) is 14.4 Å². The van der Waals surface area contributed by atoms with E-state index in [-0.39, 0.29) is 42.0 Å². The number of rotatable bonds is 14. The molecule has 3 rings (SSSR count). The number of anilines is 2. The van der Waals surface area contributed by atoms with Crippen molar-refractivity contribution in [2.45, 2.75) is 45.3 Å². The predicted octanol–water partition coefficient (Wildman–Crippen LogP) is 0.711. The van der Waals surface area contributed by atoms with E-state index < -0.39 is 11.2 Å². The lowest BCUT2D eigenvalue weighted by Gasteiger charge is -2.24. The predicted molar refractivity (Wildman–Crippen MR) is 142 cm³/mol. The molecule has 0 aliphatic heterocycles. The fourth-order valence-electron chi connectivity index (χ4n) is 3.49. The number of nitrogens with one attached hydrogen (secondary N) is 4. The van der Waals surface area contributed by atoms with Crippen LogP contribution in [0.3, 0.4) is 0 Å². The van der Waals surface area contributed by atoms with E-state index in [1.165, 1.54) is 6.20 Å². The Morgan fingerprint density at radius 3 is 2.63 bits per heavy atom. The molecule has 0 saturated heterocycles. The van der Waals surface area contributed by atoms with Crippen LogP contribution >= 0.6 is 0 Å². The summed E-state index contributed by atoms with van der Waals surface area (Å²) in [5.41, 5.74) is 6.70. The number of aromatic nitrogens is 4. The molecule has 13 nitrogen and oxygen atoms in total. The van der Waals surface area contributed by atoms with Crippen molar-refractivity contribution < 1.29 is 19.4 Å². The number of hydrogen-bond acceptors (Lipinski definition) is 10. The summed E-state index contributed by atoms with van der Waals surface area (Å²) in [7, 11) is 0. The molecule has 7 N–H and O–H groups in total. The van der Waals surface area contributed by atoms with Crippen molar-refractivity contribution in [3.8, 4) is 0 Å². The van der Waals surface area contributed by atoms with Gasteiger partial charge < -0.3 is 31.5 Å². The van der Waals surface area contributed by atoms with E-state index in [4.69, 9.17) is 15.6 Å². The third-order valence-electron chi connectivity index (χ3n) is 5.60. The van der Waals surface area contributed by atoms with E-state index in [1.54, 1.807) is 24.3 Å². The van der Waals surface area contributed by atoms with Crippen LogP contribution in [0, 0.1) is 0 Å². The summed E-state index contributed by atoms with van der Waals surface area (Å²) in [6, 6.07) is 6.89. The van der Waals surface area contributed by atoms with Gasteiger partial charge in [-0.1, -0.05) is 0 Å². The van der Waals surface area contributed by atoms with E-state index in [1.807, 2.05) is 13.8 Å². The van der Waals surface area contributed by atoms with Crippen LogP contribution in [-0.2, 0) is 16.1 Å². The highest BCUT2D eigenvalue weighted by atomic mass is 16.5. The van der Waals surface area contributed by atoms with Gasteiger partial charge in [0.15, 0.2) is 11.2 Å². The van der Waals surface area contributed by atoms with Crippen molar-refractivity contribution >= 4 is 34.6 Å². The number of nitrogens with zero attached hydrogens (tertiary/aromatic N) is 3. The van der Waals surface area contributed by atoms with Gasteiger partial charge in [0.05, 0.1) is 30.6 Å². The zero-order valence-electron chi connectivity index (χ0n) is 21.5. The first-order valence-electron chi connectivity index (χ1n) is 12.3. The molecule has 13 heteroatoms. The average molecular weight is 527 g/mol. The van der Waals surface area contributed by atoms with E-state index >= 15 is 0 Å². The molecule has 2 amide bonds. The number of nitrogen functional groups attached to an aromatic ring is 1. The van der Waals surface area contributed by atoms with Crippen molar-refractivity contribution in [2.75, 3.05) is 37.4 Å². The second-order valence-electron chi connectivity index (χ2n) is 9.21. The van der Waals surface area contributed by atoms with Crippen LogP contribution in [0.5, 0.6) is 0 Å². The minimum absolute atomic E-state index is 0.0193. The molecule has 1 aromatic carbocycles. The highest BCUT2D eigenvalue weighted by Crippen LogP contribution is 2.13. The van der Waals surface area contributed by atoms with Crippen LogP contribution in [0.4, 0.5) is 11.6 Å². The fourth-order valence-corrected chi connectivity index (χ4v) is 3.49. The Labute approximate surface area is 219 Å². The van der Waals surface area contributed by atoms with Crippen LogP contribution in [-0.4, -0.2) is 68.8 Å². The first kappa shape index (κ1) is 28.5. The summed E-state index contributed by atoms with van der Waals surface area (Å²) < 4.78 is 5.64. The van der Waals surface area contributed by atoms with Crippen molar-refractivity contribution in [2.24, 2.45) is 0 Å². The third-order valence-corrected chi connectivity index (χ3v) is 5.60. The number of aliphatic hydroxyl groups excluding tert-OH is 1. The molecule has 0 saturated carbocycles. The number of carbonyl (C=O) groups excluding carboxylic acids is 2. The molecule has 3 aromatic rings. The second-order valence-corrected chi connectivity index (χ2v) is 9.21. The van der Waals surface area contributed by atoms with Crippen molar-refractivity contribution in [1.82, 2.24) is 30.6 Å². The summed E-state index contributed by atoms with van der Waals surface area (Å²) in [5, 5.41) is 17.7. The largest absolute Gasteiger partial charge is 0.396 e. The molecule has 0 unspecified atom stereocenters. The minimum Gasteiger partial charge on any atom is -0.396 e. The Hall–Kier alpha value is -4.10. The number of ether oxygens (including phenoxy) is 1. The Kier molecular flexibility index (Phi) is 10.1. The zero-order chi connectivity index (χ0) is 27.5. The van der Waals surface area contributed by atoms with Gasteiger partial charge in [0.2, 0.25) is 11.9 Å². The lowest BCUT2D eigenvalue weighted by atomic mass is 10.1. The van der Waals surface area contributed by atoms with E-state index in [0.29, 0.717) is 50.3 Å². The Morgan fingerprint density at radius 2 is 1.89 bits per heavy atom. The smallest absolute Gasteiger partial charge is 0.280 e. The summed E-state index contributed by atoms with van der Waals surface area (Å²) in [6.07, 6.45) is 2.83. The molecule has 38 heavy (non-hydrogen) atoms. The summed E-state index contributed by atoms with van der Waals surface area (Å²) in [6.45, 7) is 5.26. The number of hydrogen-bond donors (Lipinski definition) is 6. The molecular weight excluding hydrogens is 492 g/mol. The minimum atomic E-state index is -0.457. The molecule has 0 fully saturated rings. The zero-order valence-corrected chi connectivity index (χ0v) is 21.5. The number of fused-ring (bicyclic) bond motifs is 1. The fraction of sp³-hybridized carbons (Fsp3) is 0.440. The molecule has 0 aliphatic rings. The number of benzene rings is 1. The Morgan fingerprint density at radius 1 is 1.13 bits per heavy atom. The number of aromatic amines is 1. The first-order chi connectivity index (χ1) is 18.2. The van der Waals surface area contributed by atoms with Crippen molar-refractivity contribution in [1.29, 1.82) is 0 Å².